The van der Waals surface area contributed by atoms with Crippen LogP contribution >= 0.6 is 0 Å². The summed E-state index contributed by atoms with van der Waals surface area (Å²) in [6.07, 6.45) is 3.35. The molecule has 3 atom stereocenters. The lowest BCUT2D eigenvalue weighted by molar-refractivity contribution is -0.189. The van der Waals surface area contributed by atoms with E-state index in [1.54, 1.807) is 14.2 Å². The van der Waals surface area contributed by atoms with Crippen LogP contribution in [0.15, 0.2) is 0 Å². The first-order chi connectivity index (χ1) is 8.04. The van der Waals surface area contributed by atoms with Crippen LogP contribution in [0.25, 0.3) is 0 Å². The molecule has 1 heterocycles. The van der Waals surface area contributed by atoms with E-state index in [4.69, 9.17) is 15.2 Å². The lowest BCUT2D eigenvalue weighted by Gasteiger charge is -2.47. The molecule has 4 heteroatoms. The molecular formula is C13H28N2O2. The minimum atomic E-state index is -0.276. The van der Waals surface area contributed by atoms with Crippen LogP contribution in [0.3, 0.4) is 0 Å². The van der Waals surface area contributed by atoms with E-state index >= 15 is 0 Å². The number of rotatable bonds is 6. The quantitative estimate of drug-likeness (QED) is 0.721. The van der Waals surface area contributed by atoms with Gasteiger partial charge in [0.1, 0.15) is 0 Å². The zero-order chi connectivity index (χ0) is 13.1. The van der Waals surface area contributed by atoms with Gasteiger partial charge in [-0.1, -0.05) is 6.92 Å². The fraction of sp³-hybridized carbons (Fsp3) is 1.00. The summed E-state index contributed by atoms with van der Waals surface area (Å²) in [5, 5.41) is 0. The molecular weight excluding hydrogens is 216 g/mol. The van der Waals surface area contributed by atoms with Gasteiger partial charge in [0.15, 0.2) is 6.29 Å². The normalized spacial score (nSPS) is 29.8. The molecule has 0 radical (unpaired) electrons. The van der Waals surface area contributed by atoms with E-state index < -0.39 is 0 Å². The Bertz CT molecular complexity index is 233. The second kappa shape index (κ2) is 6.14. The van der Waals surface area contributed by atoms with Gasteiger partial charge in [0.05, 0.1) is 5.54 Å². The summed E-state index contributed by atoms with van der Waals surface area (Å²) in [5.41, 5.74) is 5.77. The van der Waals surface area contributed by atoms with Crippen molar-refractivity contribution in [3.63, 3.8) is 0 Å². The number of ether oxygens (including phenoxy) is 2. The topological polar surface area (TPSA) is 47.7 Å². The summed E-state index contributed by atoms with van der Waals surface area (Å²) in [4.78, 5) is 2.50. The SMILES string of the molecule is CCC1CCC(C)N1C(C)(CN)C(OC)OC. The average molecular weight is 244 g/mol. The van der Waals surface area contributed by atoms with Gasteiger partial charge in [-0.2, -0.15) is 0 Å². The van der Waals surface area contributed by atoms with Crippen LogP contribution in [0.4, 0.5) is 0 Å². The fourth-order valence-electron chi connectivity index (χ4n) is 3.32. The summed E-state index contributed by atoms with van der Waals surface area (Å²) >= 11 is 0. The molecule has 0 aliphatic carbocycles. The molecule has 0 aromatic heterocycles. The first kappa shape index (κ1) is 14.9. The minimum Gasteiger partial charge on any atom is -0.354 e. The van der Waals surface area contributed by atoms with Crippen LogP contribution in [0.1, 0.15) is 40.0 Å². The third kappa shape index (κ3) is 2.65. The highest BCUT2D eigenvalue weighted by molar-refractivity contribution is 4.99. The summed E-state index contributed by atoms with van der Waals surface area (Å²) in [7, 11) is 3.37. The van der Waals surface area contributed by atoms with Crippen molar-refractivity contribution in [1.29, 1.82) is 0 Å². The molecule has 0 bridgehead atoms. The zero-order valence-electron chi connectivity index (χ0n) is 11.9. The lowest BCUT2D eigenvalue weighted by Crippen LogP contribution is -2.63. The zero-order valence-corrected chi connectivity index (χ0v) is 11.9. The van der Waals surface area contributed by atoms with Gasteiger partial charge < -0.3 is 15.2 Å². The Kier molecular flexibility index (Phi) is 5.38. The van der Waals surface area contributed by atoms with Crippen molar-refractivity contribution >= 4 is 0 Å². The van der Waals surface area contributed by atoms with Gasteiger partial charge in [-0.25, -0.2) is 0 Å². The standard InChI is InChI=1S/C13H28N2O2/c1-6-11-8-7-10(2)15(11)13(3,9-14)12(16-4)17-5/h10-12H,6-9,14H2,1-5H3. The average Bonchev–Trinajstić information content (AvgIpc) is 2.72. The van der Waals surface area contributed by atoms with Gasteiger partial charge in [0.2, 0.25) is 0 Å². The number of likely N-dealkylation sites (tertiary alicyclic amines) is 1. The summed E-state index contributed by atoms with van der Waals surface area (Å²) in [6, 6.07) is 1.13. The Morgan fingerprint density at radius 1 is 1.35 bits per heavy atom. The van der Waals surface area contributed by atoms with E-state index in [0.717, 1.165) is 6.42 Å². The van der Waals surface area contributed by atoms with Crippen molar-refractivity contribution in [2.24, 2.45) is 5.73 Å². The molecule has 1 fully saturated rings. The third-order valence-corrected chi connectivity index (χ3v) is 4.20. The Labute approximate surface area is 105 Å². The number of methoxy groups -OCH3 is 2. The van der Waals surface area contributed by atoms with Crippen LogP contribution in [0.2, 0.25) is 0 Å². The van der Waals surface area contributed by atoms with E-state index in [2.05, 4.69) is 25.7 Å². The van der Waals surface area contributed by atoms with Gasteiger partial charge in [-0.05, 0) is 33.1 Å². The molecule has 1 rings (SSSR count). The Morgan fingerprint density at radius 2 is 1.94 bits per heavy atom. The highest BCUT2D eigenvalue weighted by Gasteiger charge is 2.47. The molecule has 0 aromatic rings. The smallest absolute Gasteiger partial charge is 0.176 e. The molecule has 102 valence electrons. The van der Waals surface area contributed by atoms with Gasteiger partial charge in [0.25, 0.3) is 0 Å². The fourth-order valence-corrected chi connectivity index (χ4v) is 3.32. The van der Waals surface area contributed by atoms with Crippen LogP contribution in [-0.2, 0) is 9.47 Å². The van der Waals surface area contributed by atoms with E-state index in [1.807, 2.05) is 0 Å². The van der Waals surface area contributed by atoms with Crippen molar-refractivity contribution in [3.8, 4) is 0 Å². The summed E-state index contributed by atoms with van der Waals surface area (Å²) in [6.45, 7) is 7.20. The van der Waals surface area contributed by atoms with Gasteiger partial charge in [-0.3, -0.25) is 4.90 Å². The molecule has 3 unspecified atom stereocenters. The van der Waals surface area contributed by atoms with Crippen LogP contribution < -0.4 is 5.73 Å². The number of hydrogen-bond acceptors (Lipinski definition) is 4. The first-order valence-corrected chi connectivity index (χ1v) is 6.59. The molecule has 1 aliphatic rings. The number of hydrogen-bond donors (Lipinski definition) is 1. The van der Waals surface area contributed by atoms with Crippen molar-refractivity contribution in [3.05, 3.63) is 0 Å². The first-order valence-electron chi connectivity index (χ1n) is 6.59. The second-order valence-electron chi connectivity index (χ2n) is 5.26. The largest absolute Gasteiger partial charge is 0.354 e. The molecule has 0 saturated carbocycles. The molecule has 0 aromatic carbocycles. The molecule has 4 nitrogen and oxygen atoms in total. The second-order valence-corrected chi connectivity index (χ2v) is 5.26. The van der Waals surface area contributed by atoms with E-state index in [-0.39, 0.29) is 11.8 Å². The van der Waals surface area contributed by atoms with Crippen LogP contribution in [0, 0.1) is 0 Å². The van der Waals surface area contributed by atoms with Gasteiger partial charge in [-0.15, -0.1) is 0 Å². The van der Waals surface area contributed by atoms with Crippen molar-refractivity contribution < 1.29 is 9.47 Å². The number of nitrogens with two attached hydrogens (primary N) is 1. The highest BCUT2D eigenvalue weighted by Crippen LogP contribution is 2.35. The maximum atomic E-state index is 6.02. The van der Waals surface area contributed by atoms with E-state index in [1.165, 1.54) is 12.8 Å². The van der Waals surface area contributed by atoms with Crippen molar-refractivity contribution in [2.75, 3.05) is 20.8 Å². The molecule has 2 N–H and O–H groups in total. The molecule has 0 spiro atoms. The molecule has 17 heavy (non-hydrogen) atoms. The Morgan fingerprint density at radius 3 is 2.35 bits per heavy atom. The van der Waals surface area contributed by atoms with E-state index in [0.29, 0.717) is 18.6 Å². The maximum absolute atomic E-state index is 6.02. The molecule has 1 saturated heterocycles. The summed E-state index contributed by atoms with van der Waals surface area (Å²) in [5.74, 6) is 0. The predicted molar refractivity (Wildman–Crippen MR) is 69.9 cm³/mol. The maximum Gasteiger partial charge on any atom is 0.176 e. The third-order valence-electron chi connectivity index (χ3n) is 4.20. The highest BCUT2D eigenvalue weighted by atomic mass is 16.7. The lowest BCUT2D eigenvalue weighted by atomic mass is 9.96. The van der Waals surface area contributed by atoms with Crippen LogP contribution in [0.5, 0.6) is 0 Å². The monoisotopic (exact) mass is 244 g/mol. The molecule has 0 amide bonds. The molecule has 1 aliphatic heterocycles. The van der Waals surface area contributed by atoms with Crippen LogP contribution in [-0.4, -0.2) is 49.6 Å². The van der Waals surface area contributed by atoms with Gasteiger partial charge in [0, 0.05) is 32.8 Å². The van der Waals surface area contributed by atoms with Crippen molar-refractivity contribution in [2.45, 2.75) is 63.9 Å². The minimum absolute atomic E-state index is 0.250. The Balaban J connectivity index is 2.97. The summed E-state index contributed by atoms with van der Waals surface area (Å²) < 4.78 is 10.9. The van der Waals surface area contributed by atoms with Crippen molar-refractivity contribution in [1.82, 2.24) is 4.90 Å². The van der Waals surface area contributed by atoms with Gasteiger partial charge >= 0.3 is 0 Å². The van der Waals surface area contributed by atoms with E-state index in [9.17, 15) is 0 Å². The number of nitrogens with zero attached hydrogens (tertiary/aromatic N) is 1. The Hall–Kier alpha value is -0.160. The predicted octanol–water partition coefficient (Wildman–Crippen LogP) is 1.59.